The number of hydrogen-bond acceptors (Lipinski definition) is 3. The molecule has 5 nitrogen and oxygen atoms in total. The van der Waals surface area contributed by atoms with E-state index in [-0.39, 0.29) is 25.6 Å². The summed E-state index contributed by atoms with van der Waals surface area (Å²) >= 11 is 5.79. The highest BCUT2D eigenvalue weighted by Gasteiger charge is 2.18. The Morgan fingerprint density at radius 1 is 1.44 bits per heavy atom. The van der Waals surface area contributed by atoms with Crippen molar-refractivity contribution in [1.82, 2.24) is 4.90 Å². The highest BCUT2D eigenvalue weighted by atomic mass is 35.5. The molecule has 0 atom stereocenters. The first-order valence-electron chi connectivity index (χ1n) is 5.30. The normalized spacial score (nSPS) is 10.1. The van der Waals surface area contributed by atoms with Crippen LogP contribution in [0.4, 0.5) is 0 Å². The molecule has 0 spiro atoms. The largest absolute Gasteiger partial charge is 0.480 e. The van der Waals surface area contributed by atoms with Gasteiger partial charge in [0.2, 0.25) is 0 Å². The summed E-state index contributed by atoms with van der Waals surface area (Å²) in [5, 5.41) is 9.21. The van der Waals surface area contributed by atoms with Crippen molar-refractivity contribution in [3.63, 3.8) is 0 Å². The molecule has 1 aromatic rings. The Bertz CT molecular complexity index is 436. The van der Waals surface area contributed by atoms with E-state index < -0.39 is 5.97 Å². The van der Waals surface area contributed by atoms with Crippen LogP contribution in [0.15, 0.2) is 24.3 Å². The van der Waals surface area contributed by atoms with Crippen LogP contribution in [-0.2, 0) is 9.53 Å². The van der Waals surface area contributed by atoms with Crippen molar-refractivity contribution in [2.75, 3.05) is 26.8 Å². The quantitative estimate of drug-likeness (QED) is 0.852. The van der Waals surface area contributed by atoms with Gasteiger partial charge in [-0.15, -0.1) is 0 Å². The maximum absolute atomic E-state index is 12.1. The Labute approximate surface area is 110 Å². The zero-order chi connectivity index (χ0) is 13.5. The van der Waals surface area contributed by atoms with Crippen LogP contribution in [0.25, 0.3) is 0 Å². The van der Waals surface area contributed by atoms with Crippen LogP contribution in [-0.4, -0.2) is 48.7 Å². The van der Waals surface area contributed by atoms with Gasteiger partial charge >= 0.3 is 5.97 Å². The number of hydrogen-bond donors (Lipinski definition) is 1. The maximum atomic E-state index is 12.1. The number of nitrogens with zero attached hydrogens (tertiary/aromatic N) is 1. The molecule has 0 saturated heterocycles. The summed E-state index contributed by atoms with van der Waals surface area (Å²) in [5.41, 5.74) is 0.361. The number of amides is 1. The fourth-order valence-electron chi connectivity index (χ4n) is 1.42. The molecule has 1 aromatic carbocycles. The molecule has 1 rings (SSSR count). The van der Waals surface area contributed by atoms with Gasteiger partial charge in [0.05, 0.1) is 6.61 Å². The third kappa shape index (κ3) is 4.35. The van der Waals surface area contributed by atoms with Crippen molar-refractivity contribution in [1.29, 1.82) is 0 Å². The van der Waals surface area contributed by atoms with Crippen LogP contribution >= 0.6 is 11.6 Å². The van der Waals surface area contributed by atoms with E-state index in [4.69, 9.17) is 21.4 Å². The van der Waals surface area contributed by atoms with E-state index in [1.54, 1.807) is 18.2 Å². The van der Waals surface area contributed by atoms with Gasteiger partial charge in [-0.1, -0.05) is 17.7 Å². The van der Waals surface area contributed by atoms with Crippen molar-refractivity contribution in [3.05, 3.63) is 34.9 Å². The number of carbonyl (C=O) groups is 2. The molecule has 6 heteroatoms. The number of carboxylic acid groups (broad SMARTS) is 1. The van der Waals surface area contributed by atoms with Crippen LogP contribution in [0.1, 0.15) is 10.4 Å². The number of benzene rings is 1. The third-order valence-electron chi connectivity index (χ3n) is 2.25. The summed E-state index contributed by atoms with van der Waals surface area (Å²) in [6, 6.07) is 6.39. The first-order valence-corrected chi connectivity index (χ1v) is 5.68. The minimum absolute atomic E-state index is 0.216. The van der Waals surface area contributed by atoms with Crippen molar-refractivity contribution >= 4 is 23.5 Å². The monoisotopic (exact) mass is 271 g/mol. The summed E-state index contributed by atoms with van der Waals surface area (Å²) in [5.74, 6) is -1.45. The fourth-order valence-corrected chi connectivity index (χ4v) is 1.61. The molecule has 98 valence electrons. The molecule has 0 aliphatic carbocycles. The minimum Gasteiger partial charge on any atom is -0.480 e. The number of rotatable bonds is 6. The second-order valence-corrected chi connectivity index (χ2v) is 4.06. The van der Waals surface area contributed by atoms with Crippen molar-refractivity contribution < 1.29 is 19.4 Å². The summed E-state index contributed by atoms with van der Waals surface area (Å²) in [7, 11) is 1.49. The SMILES string of the molecule is COCCN(CC(=O)O)C(=O)c1cccc(Cl)c1. The summed E-state index contributed by atoms with van der Waals surface area (Å²) in [6.07, 6.45) is 0. The van der Waals surface area contributed by atoms with Crippen LogP contribution in [0.3, 0.4) is 0 Å². The number of halogens is 1. The van der Waals surface area contributed by atoms with Gasteiger partial charge in [0, 0.05) is 24.2 Å². The van der Waals surface area contributed by atoms with Gasteiger partial charge in [-0.3, -0.25) is 9.59 Å². The van der Waals surface area contributed by atoms with Gasteiger partial charge in [-0.05, 0) is 18.2 Å². The highest BCUT2D eigenvalue weighted by molar-refractivity contribution is 6.30. The Morgan fingerprint density at radius 3 is 2.72 bits per heavy atom. The lowest BCUT2D eigenvalue weighted by Gasteiger charge is -2.20. The fraction of sp³-hybridized carbons (Fsp3) is 0.333. The van der Waals surface area contributed by atoms with Gasteiger partial charge in [0.25, 0.3) is 5.91 Å². The average Bonchev–Trinajstić information content (AvgIpc) is 2.33. The van der Waals surface area contributed by atoms with Crippen LogP contribution in [0.2, 0.25) is 5.02 Å². The third-order valence-corrected chi connectivity index (χ3v) is 2.49. The van der Waals surface area contributed by atoms with Crippen LogP contribution in [0.5, 0.6) is 0 Å². The minimum atomic E-state index is -1.07. The zero-order valence-corrected chi connectivity index (χ0v) is 10.7. The molecule has 0 aromatic heterocycles. The second kappa shape index (κ2) is 6.98. The lowest BCUT2D eigenvalue weighted by molar-refractivity contribution is -0.137. The average molecular weight is 272 g/mol. The van der Waals surface area contributed by atoms with E-state index in [1.807, 2.05) is 0 Å². The second-order valence-electron chi connectivity index (χ2n) is 3.62. The molecule has 0 unspecified atom stereocenters. The van der Waals surface area contributed by atoms with Gasteiger partial charge < -0.3 is 14.7 Å². The topological polar surface area (TPSA) is 66.8 Å². The van der Waals surface area contributed by atoms with Gasteiger partial charge in [-0.25, -0.2) is 0 Å². The highest BCUT2D eigenvalue weighted by Crippen LogP contribution is 2.12. The Morgan fingerprint density at radius 2 is 2.17 bits per heavy atom. The molecule has 0 saturated carbocycles. The summed E-state index contributed by atoms with van der Waals surface area (Å²) in [6.45, 7) is 0.127. The standard InChI is InChI=1S/C12H14ClNO4/c1-18-6-5-14(8-11(15)16)12(17)9-3-2-4-10(13)7-9/h2-4,7H,5-6,8H2,1H3,(H,15,16). The van der Waals surface area contributed by atoms with E-state index in [0.29, 0.717) is 10.6 Å². The lowest BCUT2D eigenvalue weighted by atomic mass is 10.2. The molecule has 0 aliphatic rings. The molecule has 0 radical (unpaired) electrons. The number of carbonyl (C=O) groups excluding carboxylic acids is 1. The smallest absolute Gasteiger partial charge is 0.323 e. The van der Waals surface area contributed by atoms with Gasteiger partial charge in [0.1, 0.15) is 6.54 Å². The summed E-state index contributed by atoms with van der Waals surface area (Å²) in [4.78, 5) is 24.0. The number of aliphatic carboxylic acids is 1. The van der Waals surface area contributed by atoms with Crippen molar-refractivity contribution in [2.45, 2.75) is 0 Å². The van der Waals surface area contributed by atoms with Crippen LogP contribution in [0, 0.1) is 0 Å². The zero-order valence-electron chi connectivity index (χ0n) is 9.93. The van der Waals surface area contributed by atoms with Crippen LogP contribution < -0.4 is 0 Å². The lowest BCUT2D eigenvalue weighted by Crippen LogP contribution is -2.38. The predicted octanol–water partition coefficient (Wildman–Crippen LogP) is 1.51. The first-order chi connectivity index (χ1) is 8.54. The van der Waals surface area contributed by atoms with E-state index in [9.17, 15) is 9.59 Å². The van der Waals surface area contributed by atoms with Crippen molar-refractivity contribution in [3.8, 4) is 0 Å². The van der Waals surface area contributed by atoms with Gasteiger partial charge in [-0.2, -0.15) is 0 Å². The predicted molar refractivity (Wildman–Crippen MR) is 66.9 cm³/mol. The molecule has 0 fully saturated rings. The Kier molecular flexibility index (Phi) is 5.61. The van der Waals surface area contributed by atoms with E-state index in [0.717, 1.165) is 0 Å². The molecular formula is C12H14ClNO4. The molecule has 1 amide bonds. The van der Waals surface area contributed by atoms with E-state index in [2.05, 4.69) is 0 Å². The first kappa shape index (κ1) is 14.5. The Balaban J connectivity index is 2.83. The molecule has 1 N–H and O–H groups in total. The molecule has 18 heavy (non-hydrogen) atoms. The molecule has 0 bridgehead atoms. The Hall–Kier alpha value is -1.59. The van der Waals surface area contributed by atoms with E-state index >= 15 is 0 Å². The molecule has 0 aliphatic heterocycles. The van der Waals surface area contributed by atoms with E-state index in [1.165, 1.54) is 18.1 Å². The number of ether oxygens (including phenoxy) is 1. The van der Waals surface area contributed by atoms with Crippen molar-refractivity contribution in [2.24, 2.45) is 0 Å². The molecular weight excluding hydrogens is 258 g/mol. The van der Waals surface area contributed by atoms with Gasteiger partial charge in [0.15, 0.2) is 0 Å². The molecule has 0 heterocycles. The maximum Gasteiger partial charge on any atom is 0.323 e. The number of carboxylic acids is 1. The summed E-state index contributed by atoms with van der Waals surface area (Å²) < 4.78 is 4.85. The number of methoxy groups -OCH3 is 1.